The Kier molecular flexibility index (Phi) is 3.94. The summed E-state index contributed by atoms with van der Waals surface area (Å²) in [7, 11) is 1.76. The van der Waals surface area contributed by atoms with Gasteiger partial charge in [-0.25, -0.2) is 4.79 Å². The van der Waals surface area contributed by atoms with Crippen LogP contribution in [0.2, 0.25) is 0 Å². The molecule has 0 unspecified atom stereocenters. The number of esters is 1. The molecule has 0 aliphatic carbocycles. The highest BCUT2D eigenvalue weighted by Crippen LogP contribution is 2.26. The second-order valence-electron chi connectivity index (χ2n) is 5.56. The summed E-state index contributed by atoms with van der Waals surface area (Å²) < 4.78 is 10.9. The lowest BCUT2D eigenvalue weighted by atomic mass is 10.0. The van der Waals surface area contributed by atoms with E-state index in [1.807, 2.05) is 25.1 Å². The maximum Gasteiger partial charge on any atom is 0.354 e. The molecule has 3 rings (SSSR count). The van der Waals surface area contributed by atoms with E-state index in [1.54, 1.807) is 24.9 Å². The van der Waals surface area contributed by atoms with Crippen molar-refractivity contribution in [2.75, 3.05) is 13.7 Å². The molecular formula is C18H19NO4. The molecule has 0 spiro atoms. The summed E-state index contributed by atoms with van der Waals surface area (Å²) in [5, 5.41) is 0.587. The molecule has 5 nitrogen and oxygen atoms in total. The molecule has 1 aliphatic heterocycles. The highest BCUT2D eigenvalue weighted by Gasteiger charge is 2.25. The Morgan fingerprint density at radius 2 is 2.13 bits per heavy atom. The number of carbonyl (C=O) groups is 1. The van der Waals surface area contributed by atoms with Crippen LogP contribution in [0.3, 0.4) is 0 Å². The van der Waals surface area contributed by atoms with Crippen LogP contribution in [0.4, 0.5) is 0 Å². The minimum atomic E-state index is -0.412. The van der Waals surface area contributed by atoms with Gasteiger partial charge in [0.1, 0.15) is 17.0 Å². The third-order valence-electron chi connectivity index (χ3n) is 4.05. The monoisotopic (exact) mass is 313 g/mol. The van der Waals surface area contributed by atoms with Gasteiger partial charge in [0.2, 0.25) is 0 Å². The van der Waals surface area contributed by atoms with Gasteiger partial charge in [-0.2, -0.15) is 0 Å². The lowest BCUT2D eigenvalue weighted by Gasteiger charge is -2.25. The van der Waals surface area contributed by atoms with Crippen molar-refractivity contribution in [1.82, 2.24) is 4.90 Å². The zero-order chi connectivity index (χ0) is 16.6. The molecule has 0 amide bonds. The molecule has 0 bridgehead atoms. The highest BCUT2D eigenvalue weighted by molar-refractivity contribution is 5.94. The van der Waals surface area contributed by atoms with Crippen molar-refractivity contribution in [2.45, 2.75) is 26.8 Å². The van der Waals surface area contributed by atoms with Gasteiger partial charge in [-0.15, -0.1) is 0 Å². The Labute approximate surface area is 134 Å². The third-order valence-corrected chi connectivity index (χ3v) is 4.05. The number of nitrogens with zero attached hydrogens (tertiary/aromatic N) is 1. The summed E-state index contributed by atoms with van der Waals surface area (Å²) in [6, 6.07) is 5.64. The quantitative estimate of drug-likeness (QED) is 0.815. The molecule has 0 N–H and O–H groups in total. The standard InChI is InChI=1S/C18H19NO4/c1-4-11-6-7-15-12(8-11)17(20)13-10-19(3)14(9-16(13)23-15)18(21)22-5-2/h6-9H,4-5,10H2,1-3H3. The molecule has 23 heavy (non-hydrogen) atoms. The van der Waals surface area contributed by atoms with E-state index in [0.29, 0.717) is 41.1 Å². The highest BCUT2D eigenvalue weighted by atomic mass is 16.5. The fourth-order valence-electron chi connectivity index (χ4n) is 2.76. The summed E-state index contributed by atoms with van der Waals surface area (Å²) in [6.07, 6.45) is 2.45. The predicted octanol–water partition coefficient (Wildman–Crippen LogP) is 2.70. The van der Waals surface area contributed by atoms with Crippen molar-refractivity contribution >= 4 is 23.0 Å². The zero-order valence-corrected chi connectivity index (χ0v) is 13.5. The molecule has 2 aromatic rings. The van der Waals surface area contributed by atoms with Gasteiger partial charge in [-0.3, -0.25) is 4.79 Å². The van der Waals surface area contributed by atoms with Crippen LogP contribution in [-0.4, -0.2) is 24.5 Å². The molecule has 1 aromatic heterocycles. The first-order chi connectivity index (χ1) is 11.0. The number of ether oxygens (including phenoxy) is 1. The van der Waals surface area contributed by atoms with Crippen LogP contribution >= 0.6 is 0 Å². The Balaban J connectivity index is 2.18. The van der Waals surface area contributed by atoms with Gasteiger partial charge in [0.15, 0.2) is 5.43 Å². The van der Waals surface area contributed by atoms with Crippen LogP contribution in [0, 0.1) is 0 Å². The van der Waals surface area contributed by atoms with Crippen molar-refractivity contribution in [3.63, 3.8) is 0 Å². The van der Waals surface area contributed by atoms with E-state index in [1.165, 1.54) is 0 Å². The number of likely N-dealkylation sites (N-methyl/N-ethyl adjacent to an activating group) is 1. The normalized spacial score (nSPS) is 13.7. The number of rotatable bonds is 3. The van der Waals surface area contributed by atoms with Gasteiger partial charge in [0.05, 0.1) is 24.1 Å². The fourth-order valence-corrected chi connectivity index (χ4v) is 2.76. The number of aryl methyl sites for hydroxylation is 1. The summed E-state index contributed by atoms with van der Waals surface area (Å²) in [5.74, 6) is 0.0256. The zero-order valence-electron chi connectivity index (χ0n) is 13.5. The van der Waals surface area contributed by atoms with E-state index in [-0.39, 0.29) is 5.43 Å². The molecule has 1 aliphatic rings. The van der Waals surface area contributed by atoms with Crippen molar-refractivity contribution in [3.8, 4) is 0 Å². The Hall–Kier alpha value is -2.56. The van der Waals surface area contributed by atoms with E-state index in [9.17, 15) is 9.59 Å². The fraction of sp³-hybridized carbons (Fsp3) is 0.333. The van der Waals surface area contributed by atoms with Crippen LogP contribution in [0.1, 0.15) is 30.7 Å². The SMILES string of the molecule is CCOC(=O)C1=Cc2oc3ccc(CC)cc3c(=O)c2CN1C. The van der Waals surface area contributed by atoms with Gasteiger partial charge in [0, 0.05) is 13.1 Å². The van der Waals surface area contributed by atoms with E-state index >= 15 is 0 Å². The van der Waals surface area contributed by atoms with Crippen LogP contribution in [0.25, 0.3) is 17.0 Å². The lowest BCUT2D eigenvalue weighted by Crippen LogP contribution is -2.30. The third kappa shape index (κ3) is 2.63. The van der Waals surface area contributed by atoms with Gasteiger partial charge in [-0.1, -0.05) is 13.0 Å². The van der Waals surface area contributed by atoms with Crippen molar-refractivity contribution in [1.29, 1.82) is 0 Å². The van der Waals surface area contributed by atoms with Gasteiger partial charge in [-0.05, 0) is 31.0 Å². The molecule has 0 saturated carbocycles. The second-order valence-corrected chi connectivity index (χ2v) is 5.56. The number of carbonyl (C=O) groups excluding carboxylic acids is 1. The number of benzene rings is 1. The van der Waals surface area contributed by atoms with E-state index in [2.05, 4.69) is 0 Å². The smallest absolute Gasteiger partial charge is 0.354 e. The van der Waals surface area contributed by atoms with Gasteiger partial charge >= 0.3 is 5.97 Å². The van der Waals surface area contributed by atoms with Crippen molar-refractivity contribution in [3.05, 3.63) is 51.0 Å². The summed E-state index contributed by atoms with van der Waals surface area (Å²) in [4.78, 5) is 26.5. The Morgan fingerprint density at radius 3 is 2.83 bits per heavy atom. The topological polar surface area (TPSA) is 59.8 Å². The number of fused-ring (bicyclic) bond motifs is 2. The minimum Gasteiger partial charge on any atom is -0.461 e. The number of hydrogen-bond acceptors (Lipinski definition) is 5. The molecule has 120 valence electrons. The predicted molar refractivity (Wildman–Crippen MR) is 87.9 cm³/mol. The first-order valence-corrected chi connectivity index (χ1v) is 7.73. The molecular weight excluding hydrogens is 294 g/mol. The summed E-state index contributed by atoms with van der Waals surface area (Å²) in [6.45, 7) is 4.43. The maximum absolute atomic E-state index is 12.8. The Bertz CT molecular complexity index is 863. The molecule has 2 heterocycles. The summed E-state index contributed by atoms with van der Waals surface area (Å²) >= 11 is 0. The first-order valence-electron chi connectivity index (χ1n) is 7.73. The molecule has 0 atom stereocenters. The minimum absolute atomic E-state index is 0.0393. The van der Waals surface area contributed by atoms with Crippen LogP contribution in [-0.2, 0) is 22.5 Å². The average Bonchev–Trinajstić information content (AvgIpc) is 2.55. The Morgan fingerprint density at radius 1 is 1.35 bits per heavy atom. The molecule has 0 saturated heterocycles. The van der Waals surface area contributed by atoms with Crippen LogP contribution in [0.5, 0.6) is 0 Å². The average molecular weight is 313 g/mol. The van der Waals surface area contributed by atoms with Gasteiger partial charge < -0.3 is 14.1 Å². The lowest BCUT2D eigenvalue weighted by molar-refractivity contribution is -0.140. The molecule has 5 heteroatoms. The van der Waals surface area contributed by atoms with E-state index < -0.39 is 5.97 Å². The largest absolute Gasteiger partial charge is 0.461 e. The van der Waals surface area contributed by atoms with Crippen molar-refractivity contribution < 1.29 is 13.9 Å². The van der Waals surface area contributed by atoms with Crippen LogP contribution < -0.4 is 5.43 Å². The van der Waals surface area contributed by atoms with E-state index in [0.717, 1.165) is 12.0 Å². The van der Waals surface area contributed by atoms with Crippen LogP contribution in [0.15, 0.2) is 33.1 Å². The van der Waals surface area contributed by atoms with Gasteiger partial charge in [0.25, 0.3) is 0 Å². The molecule has 0 fully saturated rings. The van der Waals surface area contributed by atoms with E-state index in [4.69, 9.17) is 9.15 Å². The second kappa shape index (κ2) is 5.91. The number of hydrogen-bond donors (Lipinski definition) is 0. The first kappa shape index (κ1) is 15.3. The molecule has 1 aromatic carbocycles. The van der Waals surface area contributed by atoms with Crippen molar-refractivity contribution in [2.24, 2.45) is 0 Å². The maximum atomic E-state index is 12.8. The summed E-state index contributed by atoms with van der Waals surface area (Å²) in [5.41, 5.74) is 2.56. The molecule has 0 radical (unpaired) electrons.